The zero-order chi connectivity index (χ0) is 45.7. The van der Waals surface area contributed by atoms with Crippen molar-refractivity contribution < 1.29 is 4.42 Å². The first-order chi connectivity index (χ1) is 34.2. The van der Waals surface area contributed by atoms with Crippen molar-refractivity contribution in [2.24, 2.45) is 0 Å². The van der Waals surface area contributed by atoms with Gasteiger partial charge in [0, 0.05) is 44.3 Å². The first kappa shape index (κ1) is 40.1. The molecule has 0 amide bonds. The lowest BCUT2D eigenvalue weighted by atomic mass is 9.94. The third-order valence-corrected chi connectivity index (χ3v) is 13.6. The third-order valence-electron chi connectivity index (χ3n) is 13.6. The average molecular weight is 881 g/mol. The van der Waals surface area contributed by atoms with Gasteiger partial charge in [0.2, 0.25) is 0 Å². The second kappa shape index (κ2) is 16.9. The van der Waals surface area contributed by atoms with Crippen LogP contribution in [0.3, 0.4) is 0 Å². The van der Waals surface area contributed by atoms with E-state index in [1.165, 1.54) is 60.8 Å². The number of para-hydroxylation sites is 3. The number of nitrogens with zero attached hydrogens (tertiary/aromatic N) is 2. The molecule has 324 valence electrons. The molecule has 0 unspecified atom stereocenters. The van der Waals surface area contributed by atoms with E-state index in [4.69, 9.17) is 4.42 Å². The van der Waals surface area contributed by atoms with Gasteiger partial charge < -0.3 is 13.9 Å². The molecule has 0 saturated heterocycles. The lowest BCUT2D eigenvalue weighted by Crippen LogP contribution is -2.09. The molecular weight excluding hydrogens is 837 g/mol. The van der Waals surface area contributed by atoms with E-state index in [1.54, 1.807) is 0 Å². The Bertz CT molecular complexity index is 3920. The molecule has 2 aromatic heterocycles. The molecule has 0 saturated carbocycles. The van der Waals surface area contributed by atoms with Crippen LogP contribution in [0.2, 0.25) is 0 Å². The highest BCUT2D eigenvalue weighted by molar-refractivity contribution is 6.12. The number of benzene rings is 11. The Labute approximate surface area is 401 Å². The van der Waals surface area contributed by atoms with Gasteiger partial charge in [-0.1, -0.05) is 194 Å². The van der Waals surface area contributed by atoms with Crippen molar-refractivity contribution in [1.29, 1.82) is 0 Å². The van der Waals surface area contributed by atoms with Crippen LogP contribution in [0.4, 0.5) is 17.1 Å². The number of furan rings is 1. The van der Waals surface area contributed by atoms with Gasteiger partial charge in [-0.05, 0) is 128 Å². The average Bonchev–Trinajstić information content (AvgIpc) is 3.98. The fourth-order valence-electron chi connectivity index (χ4n) is 10.3. The quantitative estimate of drug-likeness (QED) is 0.144. The van der Waals surface area contributed by atoms with E-state index in [0.717, 1.165) is 61.4 Å². The van der Waals surface area contributed by atoms with Crippen LogP contribution >= 0.6 is 0 Å². The molecule has 69 heavy (non-hydrogen) atoms. The van der Waals surface area contributed by atoms with Crippen LogP contribution in [0.15, 0.2) is 271 Å². The summed E-state index contributed by atoms with van der Waals surface area (Å²) >= 11 is 0. The zero-order valence-corrected chi connectivity index (χ0v) is 37.7. The molecule has 2 heterocycles. The van der Waals surface area contributed by atoms with Crippen LogP contribution in [0.1, 0.15) is 0 Å². The monoisotopic (exact) mass is 880 g/mol. The summed E-state index contributed by atoms with van der Waals surface area (Å²) < 4.78 is 8.64. The first-order valence-electron chi connectivity index (χ1n) is 23.6. The smallest absolute Gasteiger partial charge is 0.136 e. The fourth-order valence-corrected chi connectivity index (χ4v) is 10.3. The lowest BCUT2D eigenvalue weighted by Gasteiger charge is -2.26. The summed E-state index contributed by atoms with van der Waals surface area (Å²) in [6.45, 7) is 0. The molecule has 0 N–H and O–H groups in total. The number of rotatable bonds is 9. The fraction of sp³-hybridized carbons (Fsp3) is 0. The standard InChI is InChI=1S/C66H44N2O/c1-2-14-48(15-3-1)56-18-4-5-19-57(56)49-34-40-53(41-35-49)67(54-42-36-50(37-43-54)58-23-13-27-65-66(58)61-22-8-11-26-64(61)69-65)52-38-32-46(33-39-52)45-28-30-47(31-29-45)51-16-12-17-55(44-51)68-62-24-9-6-20-59(62)60-21-7-10-25-63(60)68/h1-44H. The number of hydrogen-bond acceptors (Lipinski definition) is 2. The predicted molar refractivity (Wildman–Crippen MR) is 290 cm³/mol. The molecule has 3 heteroatoms. The maximum atomic E-state index is 6.27. The highest BCUT2D eigenvalue weighted by atomic mass is 16.3. The molecule has 0 aliphatic heterocycles. The molecule has 0 fully saturated rings. The van der Waals surface area contributed by atoms with Crippen molar-refractivity contribution in [3.8, 4) is 61.3 Å². The summed E-state index contributed by atoms with van der Waals surface area (Å²) in [4.78, 5) is 2.35. The summed E-state index contributed by atoms with van der Waals surface area (Å²) in [5, 5.41) is 4.80. The number of hydrogen-bond donors (Lipinski definition) is 0. The SMILES string of the molecule is c1ccc(-c2ccccc2-c2ccc(N(c3ccc(-c4ccc(-c5cccc(-n6c7ccccc7c7ccccc76)c5)cc4)cc3)c3ccc(-c4cccc5oc6ccccc6c45)cc3)cc2)cc1. The van der Waals surface area contributed by atoms with Gasteiger partial charge in [-0.3, -0.25) is 0 Å². The first-order valence-corrected chi connectivity index (χ1v) is 23.6. The topological polar surface area (TPSA) is 21.3 Å². The van der Waals surface area contributed by atoms with Crippen molar-refractivity contribution in [3.63, 3.8) is 0 Å². The molecule has 11 aromatic carbocycles. The molecular formula is C66H44N2O. The molecule has 3 nitrogen and oxygen atoms in total. The maximum Gasteiger partial charge on any atom is 0.136 e. The van der Waals surface area contributed by atoms with E-state index in [0.29, 0.717) is 0 Å². The number of aromatic nitrogens is 1. The Morgan fingerprint density at radius 1 is 0.275 bits per heavy atom. The van der Waals surface area contributed by atoms with Crippen LogP contribution in [0.5, 0.6) is 0 Å². The van der Waals surface area contributed by atoms with E-state index in [1.807, 2.05) is 12.1 Å². The van der Waals surface area contributed by atoms with E-state index in [2.05, 4.69) is 264 Å². The van der Waals surface area contributed by atoms with Crippen molar-refractivity contribution >= 4 is 60.8 Å². The third kappa shape index (κ3) is 7.16. The summed E-state index contributed by atoms with van der Waals surface area (Å²) in [7, 11) is 0. The van der Waals surface area contributed by atoms with Gasteiger partial charge in [0.25, 0.3) is 0 Å². The van der Waals surface area contributed by atoms with Gasteiger partial charge in [-0.2, -0.15) is 0 Å². The molecule has 0 aliphatic carbocycles. The van der Waals surface area contributed by atoms with Crippen molar-refractivity contribution in [2.45, 2.75) is 0 Å². The Kier molecular flexibility index (Phi) is 9.84. The predicted octanol–water partition coefficient (Wildman–Crippen LogP) is 18.5. The van der Waals surface area contributed by atoms with Crippen LogP contribution in [0, 0.1) is 0 Å². The van der Waals surface area contributed by atoms with Gasteiger partial charge in [0.05, 0.1) is 11.0 Å². The van der Waals surface area contributed by atoms with Crippen molar-refractivity contribution in [1.82, 2.24) is 4.57 Å². The van der Waals surface area contributed by atoms with E-state index >= 15 is 0 Å². The molecule has 0 atom stereocenters. The minimum absolute atomic E-state index is 0.896. The number of fused-ring (bicyclic) bond motifs is 6. The van der Waals surface area contributed by atoms with Gasteiger partial charge >= 0.3 is 0 Å². The van der Waals surface area contributed by atoms with Crippen LogP contribution in [-0.4, -0.2) is 4.57 Å². The minimum Gasteiger partial charge on any atom is -0.456 e. The highest BCUT2D eigenvalue weighted by Gasteiger charge is 2.18. The molecule has 0 radical (unpaired) electrons. The van der Waals surface area contributed by atoms with Gasteiger partial charge in [0.15, 0.2) is 0 Å². The Hall–Kier alpha value is -9.18. The van der Waals surface area contributed by atoms with Crippen molar-refractivity contribution in [2.75, 3.05) is 4.90 Å². The molecule has 0 bridgehead atoms. The number of anilines is 3. The Morgan fingerprint density at radius 2 is 0.681 bits per heavy atom. The summed E-state index contributed by atoms with van der Waals surface area (Å²) in [6.07, 6.45) is 0. The highest BCUT2D eigenvalue weighted by Crippen LogP contribution is 2.42. The van der Waals surface area contributed by atoms with Crippen LogP contribution in [-0.2, 0) is 0 Å². The zero-order valence-electron chi connectivity index (χ0n) is 37.7. The normalized spacial score (nSPS) is 11.5. The minimum atomic E-state index is 0.896. The van der Waals surface area contributed by atoms with Crippen molar-refractivity contribution in [3.05, 3.63) is 267 Å². The Balaban J connectivity index is 0.837. The lowest BCUT2D eigenvalue weighted by molar-refractivity contribution is 0.669. The summed E-state index contributed by atoms with van der Waals surface area (Å²) in [5.74, 6) is 0. The van der Waals surface area contributed by atoms with Gasteiger partial charge in [0.1, 0.15) is 11.2 Å². The van der Waals surface area contributed by atoms with Gasteiger partial charge in [-0.25, -0.2) is 0 Å². The van der Waals surface area contributed by atoms with E-state index in [9.17, 15) is 0 Å². The molecule has 0 aliphatic rings. The maximum absolute atomic E-state index is 6.27. The van der Waals surface area contributed by atoms with Crippen LogP contribution in [0.25, 0.3) is 105 Å². The van der Waals surface area contributed by atoms with Gasteiger partial charge in [-0.15, -0.1) is 0 Å². The second-order valence-electron chi connectivity index (χ2n) is 17.7. The molecule has 13 rings (SSSR count). The largest absolute Gasteiger partial charge is 0.456 e. The van der Waals surface area contributed by atoms with E-state index in [-0.39, 0.29) is 0 Å². The van der Waals surface area contributed by atoms with E-state index < -0.39 is 0 Å². The Morgan fingerprint density at radius 3 is 1.29 bits per heavy atom. The summed E-state index contributed by atoms with van der Waals surface area (Å²) in [5.41, 5.74) is 20.4. The second-order valence-corrected chi connectivity index (χ2v) is 17.7. The van der Waals surface area contributed by atoms with Crippen LogP contribution < -0.4 is 4.90 Å². The molecule has 13 aromatic rings. The molecule has 0 spiro atoms. The summed E-state index contributed by atoms with van der Waals surface area (Å²) in [6, 6.07) is 96.0.